The maximum Gasteiger partial charge on any atom is 0.103 e. The van der Waals surface area contributed by atoms with Crippen LogP contribution >= 0.6 is 0 Å². The molecule has 1 heterocycles. The van der Waals surface area contributed by atoms with Crippen molar-refractivity contribution < 1.29 is 0 Å². The van der Waals surface area contributed by atoms with E-state index in [1.54, 1.807) is 6.08 Å². The predicted octanol–water partition coefficient (Wildman–Crippen LogP) is 1.01. The highest BCUT2D eigenvalue weighted by atomic mass is 15.1. The van der Waals surface area contributed by atoms with E-state index in [1.807, 2.05) is 6.07 Å². The number of aromatic nitrogens is 2. The molecule has 0 aromatic carbocycles. The summed E-state index contributed by atoms with van der Waals surface area (Å²) in [5, 5.41) is 14.9. The first-order valence-electron chi connectivity index (χ1n) is 2.91. The van der Waals surface area contributed by atoms with E-state index in [2.05, 4.69) is 16.8 Å². The van der Waals surface area contributed by atoms with Crippen LogP contribution in [0.15, 0.2) is 18.9 Å². The van der Waals surface area contributed by atoms with Crippen LogP contribution in [0.4, 0.5) is 0 Å². The zero-order chi connectivity index (χ0) is 7.40. The molecule has 0 aliphatic rings. The van der Waals surface area contributed by atoms with E-state index in [0.717, 1.165) is 5.69 Å². The van der Waals surface area contributed by atoms with Gasteiger partial charge in [-0.3, -0.25) is 5.10 Å². The van der Waals surface area contributed by atoms with Gasteiger partial charge in [0.05, 0.1) is 17.5 Å². The fourth-order valence-corrected chi connectivity index (χ4v) is 0.709. The van der Waals surface area contributed by atoms with Gasteiger partial charge < -0.3 is 0 Å². The average molecular weight is 133 g/mol. The van der Waals surface area contributed by atoms with Gasteiger partial charge in [0.15, 0.2) is 0 Å². The molecule has 0 amide bonds. The van der Waals surface area contributed by atoms with Crippen molar-refractivity contribution in [3.8, 4) is 6.07 Å². The summed E-state index contributed by atoms with van der Waals surface area (Å²) >= 11 is 0. The van der Waals surface area contributed by atoms with Crippen LogP contribution < -0.4 is 0 Å². The zero-order valence-electron chi connectivity index (χ0n) is 5.46. The molecule has 1 N–H and O–H groups in total. The van der Waals surface area contributed by atoms with Crippen LogP contribution in [0.3, 0.4) is 0 Å². The summed E-state index contributed by atoms with van der Waals surface area (Å²) in [4.78, 5) is 0. The highest BCUT2D eigenvalue weighted by Gasteiger charge is 1.99. The highest BCUT2D eigenvalue weighted by molar-refractivity contribution is 5.31. The van der Waals surface area contributed by atoms with E-state index in [4.69, 9.17) is 5.26 Å². The van der Waals surface area contributed by atoms with Crippen molar-refractivity contribution in [3.05, 3.63) is 30.1 Å². The molecule has 0 aliphatic heterocycles. The first kappa shape index (κ1) is 6.56. The molecule has 0 radical (unpaired) electrons. The minimum atomic E-state index is 0.597. The van der Waals surface area contributed by atoms with Gasteiger partial charge in [0.2, 0.25) is 0 Å². The van der Waals surface area contributed by atoms with Gasteiger partial charge in [-0.25, -0.2) is 0 Å². The van der Waals surface area contributed by atoms with E-state index >= 15 is 0 Å². The quantitative estimate of drug-likeness (QED) is 0.612. The van der Waals surface area contributed by atoms with E-state index in [-0.39, 0.29) is 0 Å². The number of rotatable bonds is 2. The molecule has 0 atom stereocenters. The molecular formula is C7H7N3. The van der Waals surface area contributed by atoms with Crippen molar-refractivity contribution in [3.63, 3.8) is 0 Å². The minimum absolute atomic E-state index is 0.597. The average Bonchev–Trinajstić information content (AvgIpc) is 2.36. The summed E-state index contributed by atoms with van der Waals surface area (Å²) in [6, 6.07) is 2.02. The molecule has 0 saturated heterocycles. The maximum atomic E-state index is 8.49. The van der Waals surface area contributed by atoms with Gasteiger partial charge >= 0.3 is 0 Å². The van der Waals surface area contributed by atoms with E-state index < -0.39 is 0 Å². The number of H-pyrrole nitrogens is 1. The topological polar surface area (TPSA) is 52.5 Å². The largest absolute Gasteiger partial charge is 0.281 e. The fraction of sp³-hybridized carbons (Fsp3) is 0.143. The number of nitrogens with zero attached hydrogens (tertiary/aromatic N) is 2. The molecule has 0 aliphatic carbocycles. The third-order valence-corrected chi connectivity index (χ3v) is 1.19. The second-order valence-electron chi connectivity index (χ2n) is 1.87. The Balaban J connectivity index is 2.92. The van der Waals surface area contributed by atoms with Gasteiger partial charge in [0, 0.05) is 6.42 Å². The smallest absolute Gasteiger partial charge is 0.103 e. The van der Waals surface area contributed by atoms with Crippen LogP contribution in [0.2, 0.25) is 0 Å². The van der Waals surface area contributed by atoms with Crippen LogP contribution in [-0.4, -0.2) is 10.2 Å². The molecule has 0 unspecified atom stereocenters. The van der Waals surface area contributed by atoms with Crippen molar-refractivity contribution in [1.82, 2.24) is 10.2 Å². The van der Waals surface area contributed by atoms with Crippen LogP contribution in [-0.2, 0) is 6.42 Å². The summed E-state index contributed by atoms with van der Waals surface area (Å²) in [7, 11) is 0. The lowest BCUT2D eigenvalue weighted by molar-refractivity contribution is 1.01. The Morgan fingerprint density at radius 2 is 2.70 bits per heavy atom. The van der Waals surface area contributed by atoms with Gasteiger partial charge in [0.1, 0.15) is 6.07 Å². The lowest BCUT2D eigenvalue weighted by Crippen LogP contribution is -1.83. The normalized spacial score (nSPS) is 8.70. The molecule has 3 heteroatoms. The Hall–Kier alpha value is -1.56. The van der Waals surface area contributed by atoms with Gasteiger partial charge in [-0.15, -0.1) is 6.58 Å². The summed E-state index contributed by atoms with van der Waals surface area (Å²) < 4.78 is 0. The number of allylic oxidation sites excluding steroid dienone is 1. The van der Waals surface area contributed by atoms with Crippen molar-refractivity contribution in [2.24, 2.45) is 0 Å². The molecular weight excluding hydrogens is 126 g/mol. The molecule has 1 aromatic heterocycles. The second kappa shape index (κ2) is 2.83. The van der Waals surface area contributed by atoms with E-state index in [0.29, 0.717) is 12.0 Å². The van der Waals surface area contributed by atoms with Crippen LogP contribution in [0, 0.1) is 11.3 Å². The van der Waals surface area contributed by atoms with E-state index in [1.165, 1.54) is 6.20 Å². The second-order valence-corrected chi connectivity index (χ2v) is 1.87. The van der Waals surface area contributed by atoms with Crippen molar-refractivity contribution in [2.75, 3.05) is 0 Å². The molecule has 0 spiro atoms. The maximum absolute atomic E-state index is 8.49. The first-order chi connectivity index (χ1) is 4.88. The van der Waals surface area contributed by atoms with Crippen LogP contribution in [0.1, 0.15) is 11.3 Å². The molecule has 1 aromatic rings. The van der Waals surface area contributed by atoms with Gasteiger partial charge in [-0.1, -0.05) is 6.08 Å². The number of nitriles is 1. The van der Waals surface area contributed by atoms with Crippen molar-refractivity contribution >= 4 is 0 Å². The Morgan fingerprint density at radius 3 is 3.30 bits per heavy atom. The molecule has 10 heavy (non-hydrogen) atoms. The molecule has 0 fully saturated rings. The molecule has 0 bridgehead atoms. The SMILES string of the molecule is C=CCc1[nH]ncc1C#N. The summed E-state index contributed by atoms with van der Waals surface area (Å²) in [5.41, 5.74) is 1.43. The monoisotopic (exact) mass is 133 g/mol. The standard InChI is InChI=1S/C7H7N3/c1-2-3-7-6(4-8)5-9-10-7/h2,5H,1,3H2,(H,9,10). The Bertz CT molecular complexity index is 267. The lowest BCUT2D eigenvalue weighted by Gasteiger charge is -1.86. The number of hydrogen-bond donors (Lipinski definition) is 1. The number of nitrogens with one attached hydrogen (secondary N) is 1. The molecule has 1 rings (SSSR count). The Labute approximate surface area is 59.0 Å². The third-order valence-electron chi connectivity index (χ3n) is 1.19. The van der Waals surface area contributed by atoms with Gasteiger partial charge in [-0.2, -0.15) is 10.4 Å². The summed E-state index contributed by atoms with van der Waals surface area (Å²) in [5.74, 6) is 0. The van der Waals surface area contributed by atoms with Gasteiger partial charge in [-0.05, 0) is 0 Å². The highest BCUT2D eigenvalue weighted by Crippen LogP contribution is 2.02. The van der Waals surface area contributed by atoms with Crippen molar-refractivity contribution in [1.29, 1.82) is 5.26 Å². The van der Waals surface area contributed by atoms with E-state index in [9.17, 15) is 0 Å². The van der Waals surface area contributed by atoms with Gasteiger partial charge in [0.25, 0.3) is 0 Å². The fourth-order valence-electron chi connectivity index (χ4n) is 0.709. The number of aromatic amines is 1. The van der Waals surface area contributed by atoms with Crippen LogP contribution in [0.25, 0.3) is 0 Å². The molecule has 0 saturated carbocycles. The first-order valence-corrected chi connectivity index (χ1v) is 2.91. The predicted molar refractivity (Wildman–Crippen MR) is 37.2 cm³/mol. The van der Waals surface area contributed by atoms with Crippen molar-refractivity contribution in [2.45, 2.75) is 6.42 Å². The zero-order valence-corrected chi connectivity index (χ0v) is 5.46. The number of hydrogen-bond acceptors (Lipinski definition) is 2. The molecule has 3 nitrogen and oxygen atoms in total. The summed E-state index contributed by atoms with van der Waals surface area (Å²) in [6.07, 6.45) is 3.91. The van der Waals surface area contributed by atoms with Crippen LogP contribution in [0.5, 0.6) is 0 Å². The third kappa shape index (κ3) is 1.06. The molecule has 50 valence electrons. The minimum Gasteiger partial charge on any atom is -0.281 e. The Kier molecular flexibility index (Phi) is 1.86. The lowest BCUT2D eigenvalue weighted by atomic mass is 10.2. The summed E-state index contributed by atoms with van der Waals surface area (Å²) in [6.45, 7) is 3.55. The Morgan fingerprint density at radius 1 is 1.90 bits per heavy atom.